The molecule has 0 aliphatic heterocycles. The van der Waals surface area contributed by atoms with Gasteiger partial charge >= 0.3 is 0 Å². The van der Waals surface area contributed by atoms with Crippen molar-refractivity contribution in [3.05, 3.63) is 41.7 Å². The molecule has 0 atom stereocenters. The summed E-state index contributed by atoms with van der Waals surface area (Å²) in [5.41, 5.74) is 2.77. The lowest BCUT2D eigenvalue weighted by Gasteiger charge is -2.07. The molecule has 1 heterocycles. The van der Waals surface area contributed by atoms with Crippen LogP contribution < -0.4 is 5.19 Å². The Hall–Kier alpha value is -1.28. The molecule has 0 spiro atoms. The molecule has 0 N–H and O–H groups in total. The van der Waals surface area contributed by atoms with Crippen molar-refractivity contribution in [3.8, 4) is 11.3 Å². The number of hydrogen-bond acceptors (Lipinski definition) is 1. The molecule has 2 heteroatoms. The number of aryl methyl sites for hydroxylation is 1. The highest BCUT2D eigenvalue weighted by Crippen LogP contribution is 2.30. The van der Waals surface area contributed by atoms with Gasteiger partial charge in [0.25, 0.3) is 0 Å². The minimum atomic E-state index is -0.464. The lowest BCUT2D eigenvalue weighted by molar-refractivity contribution is 0.530. The Bertz CT molecular complexity index is 525. The summed E-state index contributed by atoms with van der Waals surface area (Å²) in [6.07, 6.45) is 3.62. The largest absolute Gasteiger partial charge is 0.461 e. The first-order valence-corrected chi connectivity index (χ1v) is 8.78. The maximum absolute atomic E-state index is 6.13. The fourth-order valence-electron chi connectivity index (χ4n) is 2.73. The molecule has 1 aromatic heterocycles. The number of benzene rings is 1. The van der Waals surface area contributed by atoms with E-state index in [0.29, 0.717) is 0 Å². The van der Waals surface area contributed by atoms with Crippen LogP contribution in [-0.2, 0) is 12.8 Å². The van der Waals surface area contributed by atoms with E-state index in [1.54, 1.807) is 0 Å². The highest BCUT2D eigenvalue weighted by atomic mass is 28.3. The van der Waals surface area contributed by atoms with Crippen LogP contribution in [-0.4, -0.2) is 8.80 Å². The van der Waals surface area contributed by atoms with E-state index in [2.05, 4.69) is 43.4 Å². The third-order valence-corrected chi connectivity index (χ3v) is 4.99. The summed E-state index contributed by atoms with van der Waals surface area (Å²) < 4.78 is 6.13. The molecule has 1 radical (unpaired) electrons. The van der Waals surface area contributed by atoms with Gasteiger partial charge < -0.3 is 4.42 Å². The van der Waals surface area contributed by atoms with Gasteiger partial charge in [0, 0.05) is 12.0 Å². The van der Waals surface area contributed by atoms with Crippen molar-refractivity contribution in [1.82, 2.24) is 0 Å². The molecule has 17 heavy (non-hydrogen) atoms. The van der Waals surface area contributed by atoms with E-state index in [0.717, 1.165) is 12.2 Å². The first-order valence-electron chi connectivity index (χ1n) is 6.28. The van der Waals surface area contributed by atoms with Crippen molar-refractivity contribution in [1.29, 1.82) is 0 Å². The van der Waals surface area contributed by atoms with E-state index in [9.17, 15) is 0 Å². The summed E-state index contributed by atoms with van der Waals surface area (Å²) in [5, 5.41) is 1.54. The van der Waals surface area contributed by atoms with Gasteiger partial charge in [-0.3, -0.25) is 0 Å². The van der Waals surface area contributed by atoms with Gasteiger partial charge in [-0.1, -0.05) is 43.4 Å². The van der Waals surface area contributed by atoms with Gasteiger partial charge in [-0.2, -0.15) is 0 Å². The van der Waals surface area contributed by atoms with Gasteiger partial charge in [-0.25, -0.2) is 0 Å². The molecule has 3 rings (SSSR count). The number of furan rings is 1. The minimum Gasteiger partial charge on any atom is -0.461 e. The average Bonchev–Trinajstić information content (AvgIpc) is 2.88. The second-order valence-corrected chi connectivity index (χ2v) is 7.43. The summed E-state index contributed by atoms with van der Waals surface area (Å²) >= 11 is 0. The van der Waals surface area contributed by atoms with Gasteiger partial charge in [0.15, 0.2) is 0 Å². The molecule has 0 saturated heterocycles. The summed E-state index contributed by atoms with van der Waals surface area (Å²) in [4.78, 5) is 0. The Labute approximate surface area is 104 Å². The van der Waals surface area contributed by atoms with Crippen molar-refractivity contribution in [2.45, 2.75) is 32.4 Å². The third-order valence-electron chi connectivity index (χ3n) is 3.46. The standard InChI is InChI=1S/C15H17OSi/c1-17(2)15-12-9-6-10-13(12)16-14(15)11-7-4-3-5-8-11/h3-5,7-8H,6,9-10H2,1-2H3. The van der Waals surface area contributed by atoms with E-state index in [-0.39, 0.29) is 0 Å². The predicted octanol–water partition coefficient (Wildman–Crippen LogP) is 3.40. The Morgan fingerprint density at radius 3 is 2.53 bits per heavy atom. The van der Waals surface area contributed by atoms with E-state index in [1.807, 2.05) is 0 Å². The van der Waals surface area contributed by atoms with Crippen molar-refractivity contribution >= 4 is 14.0 Å². The molecule has 0 bridgehead atoms. The van der Waals surface area contributed by atoms with Crippen molar-refractivity contribution in [3.63, 3.8) is 0 Å². The lowest BCUT2D eigenvalue weighted by Crippen LogP contribution is -2.26. The molecular formula is C15H17OSi. The van der Waals surface area contributed by atoms with Crippen LogP contribution >= 0.6 is 0 Å². The number of fused-ring (bicyclic) bond motifs is 1. The van der Waals surface area contributed by atoms with Gasteiger partial charge in [-0.15, -0.1) is 0 Å². The molecular weight excluding hydrogens is 224 g/mol. The van der Waals surface area contributed by atoms with Gasteiger partial charge in [-0.05, 0) is 23.6 Å². The SMILES string of the molecule is C[Si](C)c1c(-c2ccccc2)oc2c1CCC2. The molecule has 1 nitrogen and oxygen atoms in total. The number of rotatable bonds is 2. The molecule has 1 aliphatic rings. The summed E-state index contributed by atoms with van der Waals surface area (Å²) in [6.45, 7) is 4.72. The van der Waals surface area contributed by atoms with Crippen LogP contribution in [0, 0.1) is 0 Å². The van der Waals surface area contributed by atoms with E-state index < -0.39 is 8.80 Å². The maximum Gasteiger partial charge on any atom is 0.133 e. The average molecular weight is 241 g/mol. The molecule has 0 amide bonds. The van der Waals surface area contributed by atoms with Crippen molar-refractivity contribution in [2.75, 3.05) is 0 Å². The quantitative estimate of drug-likeness (QED) is 0.735. The topological polar surface area (TPSA) is 13.1 Å². The fourth-order valence-corrected chi connectivity index (χ4v) is 4.24. The van der Waals surface area contributed by atoms with Crippen molar-refractivity contribution < 1.29 is 4.42 Å². The molecule has 0 saturated carbocycles. The van der Waals surface area contributed by atoms with Crippen LogP contribution in [0.5, 0.6) is 0 Å². The molecule has 87 valence electrons. The van der Waals surface area contributed by atoms with Crippen LogP contribution in [0.3, 0.4) is 0 Å². The predicted molar refractivity (Wildman–Crippen MR) is 73.3 cm³/mol. The van der Waals surface area contributed by atoms with Gasteiger partial charge in [0.2, 0.25) is 0 Å². The van der Waals surface area contributed by atoms with E-state index in [1.165, 1.54) is 34.9 Å². The fraction of sp³-hybridized carbons (Fsp3) is 0.333. The first kappa shape index (κ1) is 10.8. The maximum atomic E-state index is 6.13. The van der Waals surface area contributed by atoms with Crippen LogP contribution in [0.15, 0.2) is 34.7 Å². The molecule has 0 unspecified atom stereocenters. The van der Waals surface area contributed by atoms with Gasteiger partial charge in [0.05, 0.1) is 8.80 Å². The highest BCUT2D eigenvalue weighted by molar-refractivity contribution is 6.72. The highest BCUT2D eigenvalue weighted by Gasteiger charge is 2.26. The molecule has 2 aromatic rings. The molecule has 0 fully saturated rings. The summed E-state index contributed by atoms with van der Waals surface area (Å²) in [6, 6.07) is 10.5. The van der Waals surface area contributed by atoms with Crippen LogP contribution in [0.25, 0.3) is 11.3 Å². The zero-order chi connectivity index (χ0) is 11.8. The third kappa shape index (κ3) is 1.77. The molecule has 1 aliphatic carbocycles. The van der Waals surface area contributed by atoms with E-state index in [4.69, 9.17) is 4.42 Å². The Balaban J connectivity index is 2.18. The minimum absolute atomic E-state index is 0.464. The Morgan fingerprint density at radius 2 is 1.82 bits per heavy atom. The Kier molecular flexibility index (Phi) is 2.67. The van der Waals surface area contributed by atoms with E-state index >= 15 is 0 Å². The second kappa shape index (κ2) is 4.19. The smallest absolute Gasteiger partial charge is 0.133 e. The number of hydrogen-bond donors (Lipinski definition) is 0. The zero-order valence-corrected chi connectivity index (χ0v) is 11.4. The molecule has 1 aromatic carbocycles. The summed E-state index contributed by atoms with van der Waals surface area (Å²) in [5.74, 6) is 2.40. The summed E-state index contributed by atoms with van der Waals surface area (Å²) in [7, 11) is -0.464. The zero-order valence-electron chi connectivity index (χ0n) is 10.4. The Morgan fingerprint density at radius 1 is 1.06 bits per heavy atom. The first-order chi connectivity index (χ1) is 8.27. The second-order valence-electron chi connectivity index (χ2n) is 4.93. The van der Waals surface area contributed by atoms with Crippen molar-refractivity contribution in [2.24, 2.45) is 0 Å². The van der Waals surface area contributed by atoms with Crippen LogP contribution in [0.4, 0.5) is 0 Å². The van der Waals surface area contributed by atoms with Crippen LogP contribution in [0.2, 0.25) is 13.1 Å². The van der Waals surface area contributed by atoms with Crippen LogP contribution in [0.1, 0.15) is 17.7 Å². The lowest BCUT2D eigenvalue weighted by atomic mass is 10.1. The van der Waals surface area contributed by atoms with Gasteiger partial charge in [0.1, 0.15) is 11.5 Å². The monoisotopic (exact) mass is 241 g/mol. The normalized spacial score (nSPS) is 14.3.